The van der Waals surface area contributed by atoms with E-state index in [9.17, 15) is 17.8 Å². The molecule has 0 fully saturated rings. The predicted octanol–water partition coefficient (Wildman–Crippen LogP) is 1.02. The summed E-state index contributed by atoms with van der Waals surface area (Å²) in [6.45, 7) is 1.77. The van der Waals surface area contributed by atoms with E-state index in [4.69, 9.17) is 4.42 Å². The van der Waals surface area contributed by atoms with Crippen LogP contribution in [0.4, 0.5) is 5.69 Å². The standard InChI is InChI=1S/C11H11NO5S/c1-7-4-11(13)17-10-5-8(2-3-9(7)10)12-6-18(14,15)16/h2-5,12H,6H2,1H3,(H,14,15,16)/p-1. The molecule has 6 nitrogen and oxygen atoms in total. The van der Waals surface area contributed by atoms with Crippen LogP contribution in [0, 0.1) is 6.92 Å². The van der Waals surface area contributed by atoms with Gasteiger partial charge in [-0.25, -0.2) is 13.2 Å². The lowest BCUT2D eigenvalue weighted by Gasteiger charge is -2.10. The van der Waals surface area contributed by atoms with Crippen LogP contribution in [0.5, 0.6) is 0 Å². The molecule has 1 heterocycles. The van der Waals surface area contributed by atoms with Crippen LogP contribution >= 0.6 is 0 Å². The first-order valence-electron chi connectivity index (χ1n) is 5.07. The van der Waals surface area contributed by atoms with Gasteiger partial charge in [-0.15, -0.1) is 0 Å². The van der Waals surface area contributed by atoms with Crippen LogP contribution < -0.4 is 10.9 Å². The molecule has 96 valence electrons. The summed E-state index contributed by atoms with van der Waals surface area (Å²) in [5.41, 5.74) is 1.03. The Morgan fingerprint density at radius 2 is 2.06 bits per heavy atom. The highest BCUT2D eigenvalue weighted by molar-refractivity contribution is 7.85. The topological polar surface area (TPSA) is 99.4 Å². The van der Waals surface area contributed by atoms with Gasteiger partial charge in [0.25, 0.3) is 0 Å². The van der Waals surface area contributed by atoms with E-state index in [0.29, 0.717) is 11.3 Å². The predicted molar refractivity (Wildman–Crippen MR) is 65.4 cm³/mol. The van der Waals surface area contributed by atoms with Crippen LogP contribution in [-0.4, -0.2) is 18.8 Å². The molecule has 1 N–H and O–H groups in total. The van der Waals surface area contributed by atoms with Crippen LogP contribution in [-0.2, 0) is 10.1 Å². The average molecular weight is 268 g/mol. The van der Waals surface area contributed by atoms with Crippen molar-refractivity contribution in [3.8, 4) is 0 Å². The molecule has 18 heavy (non-hydrogen) atoms. The lowest BCUT2D eigenvalue weighted by molar-refractivity contribution is 0.465. The number of benzene rings is 1. The third-order valence-corrected chi connectivity index (χ3v) is 2.90. The highest BCUT2D eigenvalue weighted by Crippen LogP contribution is 2.20. The molecule has 0 saturated carbocycles. The zero-order valence-electron chi connectivity index (χ0n) is 9.47. The molecule has 0 atom stereocenters. The second-order valence-corrected chi connectivity index (χ2v) is 5.24. The maximum absolute atomic E-state index is 11.2. The molecule has 2 aromatic rings. The first-order valence-corrected chi connectivity index (χ1v) is 6.65. The Balaban J connectivity index is 2.41. The summed E-state index contributed by atoms with van der Waals surface area (Å²) >= 11 is 0. The fraction of sp³-hybridized carbons (Fsp3) is 0.182. The lowest BCUT2D eigenvalue weighted by atomic mass is 10.1. The Morgan fingerprint density at radius 3 is 2.72 bits per heavy atom. The lowest BCUT2D eigenvalue weighted by Crippen LogP contribution is -2.13. The number of hydrogen-bond acceptors (Lipinski definition) is 6. The Morgan fingerprint density at radius 1 is 1.33 bits per heavy atom. The third kappa shape index (κ3) is 2.88. The van der Waals surface area contributed by atoms with E-state index >= 15 is 0 Å². The second kappa shape index (κ2) is 4.43. The monoisotopic (exact) mass is 268 g/mol. The summed E-state index contributed by atoms with van der Waals surface area (Å²) < 4.78 is 36.4. The summed E-state index contributed by atoms with van der Waals surface area (Å²) in [6.07, 6.45) is 0. The highest BCUT2D eigenvalue weighted by Gasteiger charge is 2.03. The fourth-order valence-electron chi connectivity index (χ4n) is 1.61. The van der Waals surface area contributed by atoms with E-state index in [0.717, 1.165) is 10.9 Å². The summed E-state index contributed by atoms with van der Waals surface area (Å²) in [4.78, 5) is 11.2. The van der Waals surface area contributed by atoms with E-state index in [-0.39, 0.29) is 0 Å². The molecule has 1 aromatic carbocycles. The zero-order valence-corrected chi connectivity index (χ0v) is 10.3. The Bertz CT molecular complexity index is 748. The van der Waals surface area contributed by atoms with Crippen molar-refractivity contribution in [1.29, 1.82) is 0 Å². The third-order valence-electron chi connectivity index (χ3n) is 2.40. The first kappa shape index (κ1) is 12.6. The molecule has 0 aliphatic rings. The van der Waals surface area contributed by atoms with Crippen LogP contribution in [0.2, 0.25) is 0 Å². The van der Waals surface area contributed by atoms with Gasteiger partial charge in [-0.2, -0.15) is 0 Å². The summed E-state index contributed by atoms with van der Waals surface area (Å²) in [7, 11) is -4.35. The van der Waals surface area contributed by atoms with Crippen molar-refractivity contribution in [2.24, 2.45) is 0 Å². The van der Waals surface area contributed by atoms with E-state index in [2.05, 4.69) is 5.32 Å². The van der Waals surface area contributed by atoms with E-state index in [1.807, 2.05) is 0 Å². The number of anilines is 1. The van der Waals surface area contributed by atoms with Crippen LogP contribution in [0.1, 0.15) is 5.56 Å². The minimum atomic E-state index is -4.35. The van der Waals surface area contributed by atoms with Crippen molar-refractivity contribution in [2.45, 2.75) is 6.92 Å². The molecule has 7 heteroatoms. The molecule has 0 spiro atoms. The number of fused-ring (bicyclic) bond motifs is 1. The van der Waals surface area contributed by atoms with Gasteiger partial charge < -0.3 is 14.3 Å². The second-order valence-electron chi connectivity index (χ2n) is 3.84. The highest BCUT2D eigenvalue weighted by atomic mass is 32.2. The minimum absolute atomic E-state index is 0.341. The average Bonchev–Trinajstić information content (AvgIpc) is 2.24. The Labute approximate surface area is 103 Å². The van der Waals surface area contributed by atoms with Crippen LogP contribution in [0.3, 0.4) is 0 Å². The SMILES string of the molecule is Cc1cc(=O)oc2cc(NCS(=O)(=O)[O-])ccc12. The van der Waals surface area contributed by atoms with Gasteiger partial charge >= 0.3 is 5.63 Å². The van der Waals surface area contributed by atoms with Gasteiger partial charge in [0, 0.05) is 23.2 Å². The van der Waals surface area contributed by atoms with Gasteiger partial charge in [-0.05, 0) is 24.6 Å². The van der Waals surface area contributed by atoms with Gasteiger partial charge in [-0.1, -0.05) is 0 Å². The molecular formula is C11H10NO5S-. The first-order chi connectivity index (χ1) is 8.35. The van der Waals surface area contributed by atoms with E-state index in [1.165, 1.54) is 12.1 Å². The number of rotatable bonds is 3. The number of hydrogen-bond donors (Lipinski definition) is 1. The molecule has 2 rings (SSSR count). The molecule has 0 unspecified atom stereocenters. The maximum atomic E-state index is 11.2. The maximum Gasteiger partial charge on any atom is 0.336 e. The van der Waals surface area contributed by atoms with E-state index in [1.54, 1.807) is 19.1 Å². The van der Waals surface area contributed by atoms with Crippen molar-refractivity contribution < 1.29 is 17.4 Å². The molecule has 0 amide bonds. The smallest absolute Gasteiger partial charge is 0.336 e. The normalized spacial score (nSPS) is 11.7. The fourth-order valence-corrected chi connectivity index (χ4v) is 1.95. The molecule has 0 bridgehead atoms. The van der Waals surface area contributed by atoms with Gasteiger partial charge in [-0.3, -0.25) is 0 Å². The van der Waals surface area contributed by atoms with Crippen LogP contribution in [0.25, 0.3) is 11.0 Å². The molecule has 0 saturated heterocycles. The number of nitrogens with one attached hydrogen (secondary N) is 1. The van der Waals surface area contributed by atoms with Crippen LogP contribution in [0.15, 0.2) is 33.5 Å². The Hall–Kier alpha value is -1.86. The molecule has 0 aliphatic carbocycles. The quantitative estimate of drug-likeness (QED) is 0.659. The van der Waals surface area contributed by atoms with Crippen molar-refractivity contribution >= 4 is 26.8 Å². The van der Waals surface area contributed by atoms with Crippen molar-refractivity contribution in [3.63, 3.8) is 0 Å². The minimum Gasteiger partial charge on any atom is -0.747 e. The molecular weight excluding hydrogens is 258 g/mol. The van der Waals surface area contributed by atoms with Crippen molar-refractivity contribution in [3.05, 3.63) is 40.2 Å². The van der Waals surface area contributed by atoms with Gasteiger partial charge in [0.2, 0.25) is 0 Å². The van der Waals surface area contributed by atoms with Gasteiger partial charge in [0.15, 0.2) is 0 Å². The molecule has 0 radical (unpaired) electrons. The van der Waals surface area contributed by atoms with Crippen molar-refractivity contribution in [2.75, 3.05) is 11.2 Å². The summed E-state index contributed by atoms with van der Waals surface area (Å²) in [6, 6.07) is 6.15. The Kier molecular flexibility index (Phi) is 3.10. The molecule has 1 aromatic heterocycles. The van der Waals surface area contributed by atoms with E-state index < -0.39 is 21.6 Å². The largest absolute Gasteiger partial charge is 0.747 e. The van der Waals surface area contributed by atoms with Crippen molar-refractivity contribution in [1.82, 2.24) is 0 Å². The van der Waals surface area contributed by atoms with Gasteiger partial charge in [0.05, 0.1) is 0 Å². The van der Waals surface area contributed by atoms with Gasteiger partial charge in [0.1, 0.15) is 21.6 Å². The summed E-state index contributed by atoms with van der Waals surface area (Å²) in [5.74, 6) is -0.714. The molecule has 0 aliphatic heterocycles. The zero-order chi connectivity index (χ0) is 13.3. The number of aryl methyl sites for hydroxylation is 1. The summed E-state index contributed by atoms with van der Waals surface area (Å²) in [5, 5.41) is 3.21.